The quantitative estimate of drug-likeness (QED) is 0.633. The van der Waals surface area contributed by atoms with Crippen molar-refractivity contribution in [2.45, 2.75) is 53.4 Å². The van der Waals surface area contributed by atoms with E-state index in [1.807, 2.05) is 6.92 Å². The van der Waals surface area contributed by atoms with Gasteiger partial charge in [-0.3, -0.25) is 0 Å². The summed E-state index contributed by atoms with van der Waals surface area (Å²) in [5.74, 6) is 2.71. The van der Waals surface area contributed by atoms with Crippen molar-refractivity contribution in [3.63, 3.8) is 0 Å². The second-order valence-electron chi connectivity index (χ2n) is 5.18. The first kappa shape index (κ1) is 13.3. The molecule has 0 bridgehead atoms. The minimum absolute atomic E-state index is 0.738. The molecule has 0 heterocycles. The first-order chi connectivity index (χ1) is 7.63. The highest BCUT2D eigenvalue weighted by atomic mass is 16.5. The number of hydrogen-bond donors (Lipinski definition) is 0. The molecule has 0 spiro atoms. The number of hydrogen-bond acceptors (Lipinski definition) is 1. The first-order valence-electron chi connectivity index (χ1n) is 6.65. The van der Waals surface area contributed by atoms with Gasteiger partial charge in [-0.05, 0) is 37.7 Å². The Balaban J connectivity index is 2.43. The van der Waals surface area contributed by atoms with E-state index in [4.69, 9.17) is 4.74 Å². The molecule has 92 valence electrons. The summed E-state index contributed by atoms with van der Waals surface area (Å²) >= 11 is 0. The Morgan fingerprint density at radius 2 is 1.88 bits per heavy atom. The van der Waals surface area contributed by atoms with Crippen molar-refractivity contribution in [2.24, 2.45) is 11.8 Å². The SMILES string of the molecule is CCOC1=CC=C(C(C)CCC(C)C)CC1. The molecule has 1 aliphatic carbocycles. The van der Waals surface area contributed by atoms with Crippen LogP contribution < -0.4 is 0 Å². The van der Waals surface area contributed by atoms with E-state index in [9.17, 15) is 0 Å². The van der Waals surface area contributed by atoms with Gasteiger partial charge in [-0.25, -0.2) is 0 Å². The smallest absolute Gasteiger partial charge is 0.0962 e. The topological polar surface area (TPSA) is 9.23 Å². The molecule has 0 aromatic heterocycles. The summed E-state index contributed by atoms with van der Waals surface area (Å²) in [4.78, 5) is 0. The van der Waals surface area contributed by atoms with Crippen LogP contribution in [0.15, 0.2) is 23.5 Å². The van der Waals surface area contributed by atoms with Gasteiger partial charge < -0.3 is 4.74 Å². The summed E-state index contributed by atoms with van der Waals surface area (Å²) in [6, 6.07) is 0. The number of ether oxygens (including phenoxy) is 1. The summed E-state index contributed by atoms with van der Waals surface area (Å²) in [5.41, 5.74) is 1.60. The van der Waals surface area contributed by atoms with Gasteiger partial charge in [0.1, 0.15) is 0 Å². The van der Waals surface area contributed by atoms with Crippen LogP contribution in [0.1, 0.15) is 53.4 Å². The lowest BCUT2D eigenvalue weighted by Gasteiger charge is -2.20. The zero-order chi connectivity index (χ0) is 12.0. The molecule has 0 aliphatic heterocycles. The molecule has 0 aromatic carbocycles. The predicted octanol–water partition coefficient (Wildman–Crippen LogP) is 4.70. The third-order valence-corrected chi connectivity index (χ3v) is 3.28. The van der Waals surface area contributed by atoms with E-state index in [1.165, 1.54) is 19.3 Å². The van der Waals surface area contributed by atoms with Crippen molar-refractivity contribution in [3.05, 3.63) is 23.5 Å². The van der Waals surface area contributed by atoms with Crippen molar-refractivity contribution in [2.75, 3.05) is 6.61 Å². The average molecular weight is 222 g/mol. The van der Waals surface area contributed by atoms with Gasteiger partial charge in [0.15, 0.2) is 0 Å². The van der Waals surface area contributed by atoms with E-state index in [0.29, 0.717) is 0 Å². The predicted molar refractivity (Wildman–Crippen MR) is 70.3 cm³/mol. The molecule has 0 saturated heterocycles. The summed E-state index contributed by atoms with van der Waals surface area (Å²) in [7, 11) is 0. The maximum Gasteiger partial charge on any atom is 0.0962 e. The summed E-state index contributed by atoms with van der Waals surface area (Å²) in [5, 5.41) is 0. The molecule has 1 unspecified atom stereocenters. The van der Waals surface area contributed by atoms with Crippen molar-refractivity contribution < 1.29 is 4.74 Å². The van der Waals surface area contributed by atoms with E-state index in [-0.39, 0.29) is 0 Å². The Hall–Kier alpha value is -0.720. The van der Waals surface area contributed by atoms with Crippen LogP contribution in [-0.4, -0.2) is 6.61 Å². The fraction of sp³-hybridized carbons (Fsp3) is 0.733. The molecule has 0 aromatic rings. The lowest BCUT2D eigenvalue weighted by molar-refractivity contribution is 0.216. The number of rotatable bonds is 6. The molecule has 1 aliphatic rings. The van der Waals surface area contributed by atoms with Gasteiger partial charge in [-0.2, -0.15) is 0 Å². The maximum atomic E-state index is 5.53. The second-order valence-corrected chi connectivity index (χ2v) is 5.18. The first-order valence-corrected chi connectivity index (χ1v) is 6.65. The van der Waals surface area contributed by atoms with Crippen LogP contribution in [0.4, 0.5) is 0 Å². The van der Waals surface area contributed by atoms with Gasteiger partial charge in [0.2, 0.25) is 0 Å². The molecule has 1 nitrogen and oxygen atoms in total. The van der Waals surface area contributed by atoms with Crippen molar-refractivity contribution >= 4 is 0 Å². The minimum atomic E-state index is 0.738. The molecule has 0 amide bonds. The molecule has 1 heteroatoms. The van der Waals surface area contributed by atoms with Crippen LogP contribution in [0.25, 0.3) is 0 Å². The average Bonchev–Trinajstić information content (AvgIpc) is 2.27. The van der Waals surface area contributed by atoms with Crippen molar-refractivity contribution in [3.8, 4) is 0 Å². The molecule has 1 atom stereocenters. The second kappa shape index (κ2) is 6.78. The molecule has 0 N–H and O–H groups in total. The Morgan fingerprint density at radius 1 is 1.12 bits per heavy atom. The zero-order valence-corrected chi connectivity index (χ0v) is 11.3. The van der Waals surface area contributed by atoms with Crippen LogP contribution in [0.2, 0.25) is 0 Å². The third-order valence-electron chi connectivity index (χ3n) is 3.28. The van der Waals surface area contributed by atoms with Crippen LogP contribution >= 0.6 is 0 Å². The molecular weight excluding hydrogens is 196 g/mol. The monoisotopic (exact) mass is 222 g/mol. The Labute approximate surface area is 101 Å². The zero-order valence-electron chi connectivity index (χ0n) is 11.3. The van der Waals surface area contributed by atoms with E-state index in [2.05, 4.69) is 32.9 Å². The molecule has 0 fully saturated rings. The van der Waals surface area contributed by atoms with E-state index >= 15 is 0 Å². The molecule has 0 radical (unpaired) electrons. The largest absolute Gasteiger partial charge is 0.498 e. The Bertz CT molecular complexity index is 261. The Morgan fingerprint density at radius 3 is 2.38 bits per heavy atom. The van der Waals surface area contributed by atoms with Gasteiger partial charge >= 0.3 is 0 Å². The van der Waals surface area contributed by atoms with Crippen LogP contribution in [0.5, 0.6) is 0 Å². The van der Waals surface area contributed by atoms with Crippen LogP contribution in [-0.2, 0) is 4.74 Å². The van der Waals surface area contributed by atoms with Crippen molar-refractivity contribution in [1.29, 1.82) is 0 Å². The van der Waals surface area contributed by atoms with Gasteiger partial charge in [0, 0.05) is 6.42 Å². The van der Waals surface area contributed by atoms with Gasteiger partial charge in [0.25, 0.3) is 0 Å². The van der Waals surface area contributed by atoms with Gasteiger partial charge in [0.05, 0.1) is 12.4 Å². The van der Waals surface area contributed by atoms with E-state index in [0.717, 1.165) is 30.6 Å². The van der Waals surface area contributed by atoms with Crippen LogP contribution in [0, 0.1) is 11.8 Å². The molecule has 0 saturated carbocycles. The van der Waals surface area contributed by atoms with Gasteiger partial charge in [-0.1, -0.05) is 38.8 Å². The molecule has 16 heavy (non-hydrogen) atoms. The van der Waals surface area contributed by atoms with Crippen LogP contribution in [0.3, 0.4) is 0 Å². The highest BCUT2D eigenvalue weighted by Crippen LogP contribution is 2.28. The normalized spacial score (nSPS) is 18.1. The maximum absolute atomic E-state index is 5.53. The highest BCUT2D eigenvalue weighted by Gasteiger charge is 2.13. The fourth-order valence-electron chi connectivity index (χ4n) is 2.12. The van der Waals surface area contributed by atoms with E-state index < -0.39 is 0 Å². The lowest BCUT2D eigenvalue weighted by atomic mass is 9.88. The number of allylic oxidation sites excluding steroid dienone is 4. The third kappa shape index (κ3) is 4.42. The Kier molecular flexibility index (Phi) is 5.65. The summed E-state index contributed by atoms with van der Waals surface area (Å²) < 4.78 is 5.53. The standard InChI is InChI=1S/C15H26O/c1-5-16-15-10-8-14(9-11-15)13(4)7-6-12(2)3/h8,10,12-13H,5-7,9,11H2,1-4H3. The van der Waals surface area contributed by atoms with E-state index in [1.54, 1.807) is 5.57 Å². The fourth-order valence-corrected chi connectivity index (χ4v) is 2.12. The summed E-state index contributed by atoms with van der Waals surface area (Å²) in [6.45, 7) is 9.79. The molecular formula is C15H26O. The summed E-state index contributed by atoms with van der Waals surface area (Å²) in [6.07, 6.45) is 9.37. The van der Waals surface area contributed by atoms with Crippen molar-refractivity contribution in [1.82, 2.24) is 0 Å². The lowest BCUT2D eigenvalue weighted by Crippen LogP contribution is -2.06. The minimum Gasteiger partial charge on any atom is -0.498 e. The van der Waals surface area contributed by atoms with Gasteiger partial charge in [-0.15, -0.1) is 0 Å². The highest BCUT2D eigenvalue weighted by molar-refractivity contribution is 5.22. The molecule has 1 rings (SSSR count).